The van der Waals surface area contributed by atoms with E-state index in [1.54, 1.807) is 18.0 Å². The van der Waals surface area contributed by atoms with Crippen molar-refractivity contribution in [3.63, 3.8) is 0 Å². The van der Waals surface area contributed by atoms with Gasteiger partial charge in [0.05, 0.1) is 5.56 Å². The van der Waals surface area contributed by atoms with E-state index in [0.29, 0.717) is 12.2 Å². The smallest absolute Gasteiger partial charge is 0.374 e. The van der Waals surface area contributed by atoms with E-state index in [0.717, 1.165) is 6.07 Å². The van der Waals surface area contributed by atoms with E-state index in [9.17, 15) is 18.0 Å². The summed E-state index contributed by atoms with van der Waals surface area (Å²) in [6, 6.07) is 4.17. The molecule has 1 unspecified atom stereocenters. The molecule has 0 spiro atoms. The number of hydrogen-bond acceptors (Lipinski definition) is 2. The first-order chi connectivity index (χ1) is 8.30. The average Bonchev–Trinajstić information content (AvgIpc) is 2.54. The van der Waals surface area contributed by atoms with Crippen LogP contribution >= 0.6 is 0 Å². The van der Waals surface area contributed by atoms with Gasteiger partial charge in [-0.05, 0) is 24.6 Å². The maximum Gasteiger partial charge on any atom is 0.416 e. The molecule has 1 aliphatic heterocycles. The average molecular weight is 257 g/mol. The Morgan fingerprint density at radius 3 is 2.67 bits per heavy atom. The van der Waals surface area contributed by atoms with Crippen LogP contribution in [0.5, 0.6) is 0 Å². The molecular weight excluding hydrogens is 243 g/mol. The zero-order valence-corrected chi connectivity index (χ0v) is 10.2. The fourth-order valence-corrected chi connectivity index (χ4v) is 2.60. The molecule has 2 rings (SSSR count). The zero-order chi connectivity index (χ0) is 13.5. The molecule has 5 heteroatoms. The number of benzene rings is 1. The van der Waals surface area contributed by atoms with E-state index in [1.165, 1.54) is 13.0 Å². The number of hydrogen-bond donors (Lipinski definition) is 0. The number of anilines is 1. The van der Waals surface area contributed by atoms with Gasteiger partial charge in [-0.1, -0.05) is 6.07 Å². The van der Waals surface area contributed by atoms with Gasteiger partial charge in [0.15, 0.2) is 0 Å². The monoisotopic (exact) mass is 257 g/mol. The minimum atomic E-state index is -4.37. The van der Waals surface area contributed by atoms with Crippen molar-refractivity contribution in [1.82, 2.24) is 0 Å². The summed E-state index contributed by atoms with van der Waals surface area (Å²) in [5.74, 6) is -0.446. The first-order valence-electron chi connectivity index (χ1n) is 5.71. The van der Waals surface area contributed by atoms with Crippen molar-refractivity contribution in [3.05, 3.63) is 29.3 Å². The predicted molar refractivity (Wildman–Crippen MR) is 62.8 cm³/mol. The Hall–Kier alpha value is -1.52. The molecule has 1 aliphatic rings. The highest BCUT2D eigenvalue weighted by Gasteiger charge is 2.39. The topological polar surface area (TPSA) is 20.3 Å². The van der Waals surface area contributed by atoms with Gasteiger partial charge in [-0.15, -0.1) is 0 Å². The van der Waals surface area contributed by atoms with Crippen LogP contribution in [0.4, 0.5) is 18.9 Å². The molecule has 0 bridgehead atoms. The van der Waals surface area contributed by atoms with Crippen LogP contribution in [-0.4, -0.2) is 19.4 Å². The van der Waals surface area contributed by atoms with Crippen molar-refractivity contribution < 1.29 is 18.0 Å². The minimum absolute atomic E-state index is 0.0850. The second-order valence-electron chi connectivity index (χ2n) is 4.72. The summed E-state index contributed by atoms with van der Waals surface area (Å²) in [6.07, 6.45) is -4.21. The third kappa shape index (κ3) is 2.21. The molecule has 1 atom stereocenters. The van der Waals surface area contributed by atoms with Crippen LogP contribution in [0.2, 0.25) is 0 Å². The van der Waals surface area contributed by atoms with Gasteiger partial charge in [0, 0.05) is 31.6 Å². The van der Waals surface area contributed by atoms with E-state index in [1.807, 2.05) is 0 Å². The van der Waals surface area contributed by atoms with Crippen molar-refractivity contribution in [3.8, 4) is 0 Å². The first kappa shape index (κ1) is 12.9. The van der Waals surface area contributed by atoms with Gasteiger partial charge in [-0.2, -0.15) is 13.2 Å². The summed E-state index contributed by atoms with van der Waals surface area (Å²) in [6.45, 7) is 1.87. The highest BCUT2D eigenvalue weighted by molar-refractivity contribution is 5.78. The number of carbonyl (C=O) groups excluding carboxylic acids is 1. The number of nitrogens with zero attached hydrogens (tertiary/aromatic N) is 1. The van der Waals surface area contributed by atoms with Gasteiger partial charge in [0.2, 0.25) is 0 Å². The van der Waals surface area contributed by atoms with Crippen molar-refractivity contribution >= 4 is 11.5 Å². The number of halogens is 3. The lowest BCUT2D eigenvalue weighted by Crippen LogP contribution is -2.16. The van der Waals surface area contributed by atoms with Crippen LogP contribution in [0.3, 0.4) is 0 Å². The second-order valence-corrected chi connectivity index (χ2v) is 4.72. The summed E-state index contributed by atoms with van der Waals surface area (Å²) in [4.78, 5) is 13.0. The Balaban J connectivity index is 2.52. The number of likely N-dealkylation sites (N-methyl/N-ethyl adjacent to an activating group) is 1. The van der Waals surface area contributed by atoms with Crippen molar-refractivity contribution in [2.75, 3.05) is 18.5 Å². The summed E-state index contributed by atoms with van der Waals surface area (Å²) in [5.41, 5.74) is 0.231. The van der Waals surface area contributed by atoms with Crippen LogP contribution in [-0.2, 0) is 11.0 Å². The first-order valence-corrected chi connectivity index (χ1v) is 5.71. The van der Waals surface area contributed by atoms with Gasteiger partial charge in [0.25, 0.3) is 0 Å². The van der Waals surface area contributed by atoms with Crippen LogP contribution in [0.15, 0.2) is 18.2 Å². The SMILES string of the molecule is CC(=O)CC1CN(C)c2cccc(C(F)(F)F)c21. The Morgan fingerprint density at radius 1 is 1.44 bits per heavy atom. The maximum atomic E-state index is 13.0. The van der Waals surface area contributed by atoms with E-state index in [4.69, 9.17) is 0 Å². The van der Waals surface area contributed by atoms with Crippen molar-refractivity contribution in [2.45, 2.75) is 25.4 Å². The molecule has 0 radical (unpaired) electrons. The molecule has 1 aromatic rings. The van der Waals surface area contributed by atoms with Gasteiger partial charge in [-0.3, -0.25) is 0 Å². The summed E-state index contributed by atoms with van der Waals surface area (Å²) in [7, 11) is 1.75. The Bertz CT molecular complexity index is 482. The highest BCUT2D eigenvalue weighted by Crippen LogP contribution is 2.45. The number of fused-ring (bicyclic) bond motifs is 1. The Morgan fingerprint density at radius 2 is 2.11 bits per heavy atom. The lowest BCUT2D eigenvalue weighted by atomic mass is 9.91. The molecule has 98 valence electrons. The summed E-state index contributed by atoms with van der Waals surface area (Å²) in [5, 5.41) is 0. The van der Waals surface area contributed by atoms with Crippen LogP contribution in [0.25, 0.3) is 0 Å². The largest absolute Gasteiger partial charge is 0.416 e. The van der Waals surface area contributed by atoms with E-state index < -0.39 is 11.7 Å². The molecule has 0 amide bonds. The molecule has 0 fully saturated rings. The number of carbonyl (C=O) groups is 1. The standard InChI is InChI=1S/C13H14F3NO/c1-8(18)6-9-7-17(2)11-5-3-4-10(12(9)11)13(14,15)16/h3-5,9H,6-7H2,1-2H3. The van der Waals surface area contributed by atoms with Crippen molar-refractivity contribution in [1.29, 1.82) is 0 Å². The lowest BCUT2D eigenvalue weighted by Gasteiger charge is -2.15. The Kier molecular flexibility index (Phi) is 3.09. The molecule has 18 heavy (non-hydrogen) atoms. The predicted octanol–water partition coefficient (Wildman–Crippen LogP) is 3.22. The maximum absolute atomic E-state index is 13.0. The normalized spacial score (nSPS) is 18.9. The molecule has 0 aromatic heterocycles. The molecular formula is C13H14F3NO. The van der Waals surface area contributed by atoms with Crippen LogP contribution in [0, 0.1) is 0 Å². The Labute approximate surface area is 103 Å². The fraction of sp³-hybridized carbons (Fsp3) is 0.462. The minimum Gasteiger partial charge on any atom is -0.374 e. The van der Waals surface area contributed by atoms with Gasteiger partial charge in [-0.25, -0.2) is 0 Å². The third-order valence-electron chi connectivity index (χ3n) is 3.24. The molecule has 2 nitrogen and oxygen atoms in total. The van der Waals surface area contributed by atoms with Gasteiger partial charge >= 0.3 is 6.18 Å². The molecule has 1 heterocycles. The molecule has 0 saturated carbocycles. The van der Waals surface area contributed by atoms with Crippen LogP contribution < -0.4 is 4.90 Å². The lowest BCUT2D eigenvalue weighted by molar-refractivity contribution is -0.138. The van der Waals surface area contributed by atoms with Crippen LogP contribution in [0.1, 0.15) is 30.4 Å². The number of Topliss-reactive ketones (excluding diaryl/α,β-unsaturated/α-hetero) is 1. The number of rotatable bonds is 2. The number of alkyl halides is 3. The zero-order valence-electron chi connectivity index (χ0n) is 10.2. The van der Waals surface area contributed by atoms with Gasteiger partial charge < -0.3 is 9.69 Å². The fourth-order valence-electron chi connectivity index (χ4n) is 2.60. The summed E-state index contributed by atoms with van der Waals surface area (Å²) < 4.78 is 38.9. The van der Waals surface area contributed by atoms with Crippen molar-refractivity contribution in [2.24, 2.45) is 0 Å². The molecule has 1 aromatic carbocycles. The number of ketones is 1. The second kappa shape index (κ2) is 4.30. The quantitative estimate of drug-likeness (QED) is 0.810. The van der Waals surface area contributed by atoms with Gasteiger partial charge in [0.1, 0.15) is 5.78 Å². The summed E-state index contributed by atoms with van der Waals surface area (Å²) >= 11 is 0. The van der Waals surface area contributed by atoms with E-state index in [-0.39, 0.29) is 23.7 Å². The third-order valence-corrected chi connectivity index (χ3v) is 3.24. The molecule has 0 N–H and O–H groups in total. The highest BCUT2D eigenvalue weighted by atomic mass is 19.4. The molecule has 0 aliphatic carbocycles. The molecule has 0 saturated heterocycles. The van der Waals surface area contributed by atoms with E-state index in [2.05, 4.69) is 0 Å². The van der Waals surface area contributed by atoms with E-state index >= 15 is 0 Å².